The van der Waals surface area contributed by atoms with Gasteiger partial charge in [-0.2, -0.15) is 0 Å². The molecule has 0 aromatic rings. The molecule has 0 aliphatic carbocycles. The molecule has 0 radical (unpaired) electrons. The first kappa shape index (κ1) is 98.1. The summed E-state index contributed by atoms with van der Waals surface area (Å²) in [5.41, 5.74) is 0. The van der Waals surface area contributed by atoms with Gasteiger partial charge in [0.25, 0.3) is 0 Å². The molecule has 19 heteroatoms. The Kier molecular flexibility index (Phi) is 71.2. The van der Waals surface area contributed by atoms with Crippen molar-refractivity contribution < 1.29 is 80.2 Å². The smallest absolute Gasteiger partial charge is 0.462 e. The number of rotatable bonds is 80. The van der Waals surface area contributed by atoms with E-state index < -0.39 is 97.5 Å². The summed E-state index contributed by atoms with van der Waals surface area (Å²) in [6.07, 6.45) is 62.6. The second-order valence-corrected chi connectivity index (χ2v) is 33.0. The van der Waals surface area contributed by atoms with Crippen molar-refractivity contribution in [2.24, 2.45) is 11.8 Å². The van der Waals surface area contributed by atoms with Crippen LogP contribution in [0.1, 0.15) is 427 Å². The minimum absolute atomic E-state index is 0.107. The third kappa shape index (κ3) is 74.3. The van der Waals surface area contributed by atoms with Crippen LogP contribution < -0.4 is 0 Å². The van der Waals surface area contributed by atoms with Crippen molar-refractivity contribution in [1.29, 1.82) is 0 Å². The van der Waals surface area contributed by atoms with Crippen LogP contribution in [0.4, 0.5) is 0 Å². The fraction of sp³-hybridized carbons (Fsp3) is 0.951. The molecule has 0 aliphatic heterocycles. The number of carbonyl (C=O) groups is 4. The van der Waals surface area contributed by atoms with E-state index in [2.05, 4.69) is 41.5 Å². The van der Waals surface area contributed by atoms with Gasteiger partial charge in [-0.1, -0.05) is 375 Å². The van der Waals surface area contributed by atoms with Gasteiger partial charge in [-0.05, 0) is 37.5 Å². The average molecular weight is 1470 g/mol. The Morgan fingerprint density at radius 1 is 0.270 bits per heavy atom. The van der Waals surface area contributed by atoms with Gasteiger partial charge in [0.05, 0.1) is 26.4 Å². The van der Waals surface area contributed by atoms with Crippen LogP contribution in [0, 0.1) is 11.8 Å². The number of ether oxygens (including phenoxy) is 4. The van der Waals surface area contributed by atoms with Gasteiger partial charge in [-0.15, -0.1) is 0 Å². The van der Waals surface area contributed by atoms with Gasteiger partial charge in [0.15, 0.2) is 12.2 Å². The summed E-state index contributed by atoms with van der Waals surface area (Å²) < 4.78 is 68.6. The van der Waals surface area contributed by atoms with Crippen LogP contribution in [-0.2, 0) is 65.4 Å². The molecule has 0 saturated heterocycles. The summed E-state index contributed by atoms with van der Waals surface area (Å²) in [7, 11) is -9.92. The summed E-state index contributed by atoms with van der Waals surface area (Å²) in [6.45, 7) is 9.63. The quantitative estimate of drug-likeness (QED) is 0.0222. The first-order chi connectivity index (χ1) is 48.4. The van der Waals surface area contributed by atoms with Gasteiger partial charge < -0.3 is 33.8 Å². The second kappa shape index (κ2) is 72.6. The monoisotopic (exact) mass is 1470 g/mol. The molecule has 17 nitrogen and oxygen atoms in total. The summed E-state index contributed by atoms with van der Waals surface area (Å²) in [5.74, 6) is -0.544. The predicted molar refractivity (Wildman–Crippen MR) is 409 cm³/mol. The maximum absolute atomic E-state index is 13.1. The SMILES string of the molecule is CCCCCCCCCCCCCCCCCCCCCCCC(=O)O[C@H](COC(=O)CCCCCCCCCCCCCCCC(C)C)COP(=O)(O)OC[C@@H](O)COP(=O)(O)OC[C@@H](COC(=O)CCCCCCCCCC)OC(=O)CCCCCCCCCCCCCCC(C)C. The van der Waals surface area contributed by atoms with Crippen molar-refractivity contribution in [1.82, 2.24) is 0 Å². The second-order valence-electron chi connectivity index (χ2n) is 30.1. The highest BCUT2D eigenvalue weighted by atomic mass is 31.2. The lowest BCUT2D eigenvalue weighted by atomic mass is 10.0. The molecule has 0 aliphatic rings. The zero-order chi connectivity index (χ0) is 73.5. The number of phosphoric ester groups is 2. The third-order valence-corrected chi connectivity index (χ3v) is 20.9. The molecule has 0 spiro atoms. The highest BCUT2D eigenvalue weighted by molar-refractivity contribution is 7.47. The Morgan fingerprint density at radius 2 is 0.460 bits per heavy atom. The van der Waals surface area contributed by atoms with Crippen LogP contribution in [0.25, 0.3) is 0 Å². The number of unbranched alkanes of at least 4 members (excludes halogenated alkanes) is 50. The van der Waals surface area contributed by atoms with E-state index in [0.29, 0.717) is 25.7 Å². The molecule has 0 bridgehead atoms. The van der Waals surface area contributed by atoms with Gasteiger partial charge in [-0.25, -0.2) is 9.13 Å². The predicted octanol–water partition coefficient (Wildman–Crippen LogP) is 24.3. The molecule has 100 heavy (non-hydrogen) atoms. The Hall–Kier alpha value is -1.94. The Labute approximate surface area is 613 Å². The van der Waals surface area contributed by atoms with E-state index >= 15 is 0 Å². The minimum atomic E-state index is -4.96. The maximum atomic E-state index is 13.1. The number of aliphatic hydroxyl groups is 1. The third-order valence-electron chi connectivity index (χ3n) is 19.0. The van der Waals surface area contributed by atoms with E-state index in [1.807, 2.05) is 0 Å². The van der Waals surface area contributed by atoms with Gasteiger partial charge >= 0.3 is 39.5 Å². The molecule has 0 aromatic carbocycles. The van der Waals surface area contributed by atoms with E-state index in [-0.39, 0.29) is 25.7 Å². The molecule has 2 unspecified atom stereocenters. The van der Waals surface area contributed by atoms with E-state index in [4.69, 9.17) is 37.0 Å². The molecule has 0 rings (SSSR count). The molecule has 0 heterocycles. The zero-order valence-electron chi connectivity index (χ0n) is 65.5. The maximum Gasteiger partial charge on any atom is 0.472 e. The van der Waals surface area contributed by atoms with Crippen molar-refractivity contribution in [3.05, 3.63) is 0 Å². The largest absolute Gasteiger partial charge is 0.472 e. The van der Waals surface area contributed by atoms with Crippen molar-refractivity contribution in [3.8, 4) is 0 Å². The lowest BCUT2D eigenvalue weighted by Crippen LogP contribution is -2.30. The molecular formula is C81H158O17P2. The van der Waals surface area contributed by atoms with Crippen LogP contribution in [0.15, 0.2) is 0 Å². The van der Waals surface area contributed by atoms with Gasteiger partial charge in [0.1, 0.15) is 19.3 Å². The first-order valence-corrected chi connectivity index (χ1v) is 45.0. The van der Waals surface area contributed by atoms with Crippen LogP contribution in [0.2, 0.25) is 0 Å². The Morgan fingerprint density at radius 3 is 0.680 bits per heavy atom. The highest BCUT2D eigenvalue weighted by Gasteiger charge is 2.30. The normalized spacial score (nSPS) is 13.9. The Balaban J connectivity index is 5.19. The lowest BCUT2D eigenvalue weighted by molar-refractivity contribution is -0.161. The molecule has 0 amide bonds. The average Bonchev–Trinajstić information content (AvgIpc) is 0.912. The molecule has 5 atom stereocenters. The summed E-state index contributed by atoms with van der Waals surface area (Å²) in [5, 5.41) is 10.6. The lowest BCUT2D eigenvalue weighted by Gasteiger charge is -2.21. The van der Waals surface area contributed by atoms with Crippen molar-refractivity contribution in [2.75, 3.05) is 39.6 Å². The van der Waals surface area contributed by atoms with Crippen molar-refractivity contribution in [3.63, 3.8) is 0 Å². The fourth-order valence-corrected chi connectivity index (χ4v) is 14.1. The van der Waals surface area contributed by atoms with E-state index in [9.17, 15) is 43.2 Å². The number of hydrogen-bond acceptors (Lipinski definition) is 15. The number of esters is 4. The molecule has 0 saturated carbocycles. The zero-order valence-corrected chi connectivity index (χ0v) is 67.3. The molecule has 0 aromatic heterocycles. The topological polar surface area (TPSA) is 237 Å². The van der Waals surface area contributed by atoms with Crippen LogP contribution >= 0.6 is 15.6 Å². The Bertz CT molecular complexity index is 1920. The summed E-state index contributed by atoms with van der Waals surface area (Å²) in [4.78, 5) is 72.9. The molecular weight excluding hydrogens is 1310 g/mol. The number of aliphatic hydroxyl groups excluding tert-OH is 1. The highest BCUT2D eigenvalue weighted by Crippen LogP contribution is 2.45. The van der Waals surface area contributed by atoms with E-state index in [1.54, 1.807) is 0 Å². The van der Waals surface area contributed by atoms with Crippen LogP contribution in [0.3, 0.4) is 0 Å². The molecule has 594 valence electrons. The van der Waals surface area contributed by atoms with E-state index in [1.165, 1.54) is 238 Å². The van der Waals surface area contributed by atoms with E-state index in [0.717, 1.165) is 108 Å². The van der Waals surface area contributed by atoms with Gasteiger partial charge in [0, 0.05) is 25.7 Å². The van der Waals surface area contributed by atoms with Crippen molar-refractivity contribution in [2.45, 2.75) is 445 Å². The molecule has 0 fully saturated rings. The number of carbonyl (C=O) groups excluding carboxylic acids is 4. The first-order valence-electron chi connectivity index (χ1n) is 42.0. The summed E-state index contributed by atoms with van der Waals surface area (Å²) >= 11 is 0. The number of phosphoric acid groups is 2. The standard InChI is InChI=1S/C81H158O17P2/c1-7-9-11-13-15-17-18-19-20-21-22-23-24-25-26-29-36-41-47-53-59-65-80(85)98-77(70-92-79(84)64-58-52-46-40-35-30-27-28-33-38-43-49-55-61-73(3)4)72-96-100(89,90)94-68-75(82)67-93-99(87,88)95-71-76(69-91-78(83)63-57-51-45-16-14-12-10-8-2)97-81(86)66-60-54-48-42-37-32-31-34-39-44-50-56-62-74(5)6/h73-77,82H,7-72H2,1-6H3,(H,87,88)(H,89,90)/t75-,76+,77+/m0/s1. The number of hydrogen-bond donors (Lipinski definition) is 3. The van der Waals surface area contributed by atoms with Crippen molar-refractivity contribution >= 4 is 39.5 Å². The minimum Gasteiger partial charge on any atom is -0.462 e. The van der Waals surface area contributed by atoms with Gasteiger partial charge in [-0.3, -0.25) is 37.3 Å². The van der Waals surface area contributed by atoms with Crippen LogP contribution in [-0.4, -0.2) is 96.7 Å². The molecule has 3 N–H and O–H groups in total. The van der Waals surface area contributed by atoms with Gasteiger partial charge in [0.2, 0.25) is 0 Å². The fourth-order valence-electron chi connectivity index (χ4n) is 12.5. The summed E-state index contributed by atoms with van der Waals surface area (Å²) in [6, 6.07) is 0. The van der Waals surface area contributed by atoms with Crippen LogP contribution in [0.5, 0.6) is 0 Å².